The highest BCUT2D eigenvalue weighted by molar-refractivity contribution is 6.33. The van der Waals surface area contributed by atoms with Gasteiger partial charge in [-0.25, -0.2) is 4.98 Å². The third kappa shape index (κ3) is 2.76. The van der Waals surface area contributed by atoms with Crippen molar-refractivity contribution >= 4 is 23.0 Å². The van der Waals surface area contributed by atoms with Crippen LogP contribution in [0, 0.1) is 0 Å². The molecule has 0 unspecified atom stereocenters. The summed E-state index contributed by atoms with van der Waals surface area (Å²) >= 11 is 6.21. The SMILES string of the molecule is CN(C)c1ccc(NCc2nccn2C)cc1Cl. The third-order valence-corrected chi connectivity index (χ3v) is 3.10. The molecule has 18 heavy (non-hydrogen) atoms. The Morgan fingerprint density at radius 1 is 1.39 bits per heavy atom. The summed E-state index contributed by atoms with van der Waals surface area (Å²) in [6.45, 7) is 0.682. The Labute approximate surface area is 112 Å². The standard InChI is InChI=1S/C13H17ClN4/c1-17(2)12-5-4-10(8-11(12)14)16-9-13-15-6-7-18(13)3/h4-8,16H,9H2,1-3H3. The van der Waals surface area contributed by atoms with Gasteiger partial charge in [-0.3, -0.25) is 0 Å². The van der Waals surface area contributed by atoms with Gasteiger partial charge in [0.15, 0.2) is 0 Å². The highest BCUT2D eigenvalue weighted by Gasteiger charge is 2.04. The number of rotatable bonds is 4. The van der Waals surface area contributed by atoms with Crippen LogP contribution in [0.25, 0.3) is 0 Å². The van der Waals surface area contributed by atoms with Crippen molar-refractivity contribution in [2.24, 2.45) is 7.05 Å². The zero-order valence-corrected chi connectivity index (χ0v) is 11.6. The van der Waals surface area contributed by atoms with Crippen LogP contribution in [-0.2, 0) is 13.6 Å². The van der Waals surface area contributed by atoms with Crippen molar-refractivity contribution in [2.45, 2.75) is 6.54 Å². The van der Waals surface area contributed by atoms with Crippen LogP contribution in [0.15, 0.2) is 30.6 Å². The fourth-order valence-electron chi connectivity index (χ4n) is 1.73. The van der Waals surface area contributed by atoms with E-state index in [2.05, 4.69) is 10.3 Å². The number of benzene rings is 1. The van der Waals surface area contributed by atoms with E-state index in [4.69, 9.17) is 11.6 Å². The normalized spacial score (nSPS) is 10.4. The highest BCUT2D eigenvalue weighted by atomic mass is 35.5. The van der Waals surface area contributed by atoms with Gasteiger partial charge in [-0.05, 0) is 18.2 Å². The third-order valence-electron chi connectivity index (χ3n) is 2.80. The molecule has 0 fully saturated rings. The van der Waals surface area contributed by atoms with Crippen molar-refractivity contribution in [3.63, 3.8) is 0 Å². The molecule has 1 aromatic heterocycles. The van der Waals surface area contributed by atoms with E-state index in [1.165, 1.54) is 0 Å². The maximum atomic E-state index is 6.21. The molecule has 1 aromatic carbocycles. The fourth-order valence-corrected chi connectivity index (χ4v) is 2.08. The number of hydrogen-bond acceptors (Lipinski definition) is 3. The lowest BCUT2D eigenvalue weighted by Crippen LogP contribution is -2.10. The van der Waals surface area contributed by atoms with Gasteiger partial charge in [0.05, 0.1) is 17.3 Å². The lowest BCUT2D eigenvalue weighted by atomic mass is 10.2. The van der Waals surface area contributed by atoms with Gasteiger partial charge in [0.25, 0.3) is 0 Å². The molecule has 4 nitrogen and oxygen atoms in total. The van der Waals surface area contributed by atoms with Crippen LogP contribution in [0.2, 0.25) is 5.02 Å². The van der Waals surface area contributed by atoms with Gasteiger partial charge < -0.3 is 14.8 Å². The maximum absolute atomic E-state index is 6.21. The fraction of sp³-hybridized carbons (Fsp3) is 0.308. The molecule has 0 saturated heterocycles. The summed E-state index contributed by atoms with van der Waals surface area (Å²) < 4.78 is 1.99. The summed E-state index contributed by atoms with van der Waals surface area (Å²) in [4.78, 5) is 6.25. The number of aromatic nitrogens is 2. The molecular weight excluding hydrogens is 248 g/mol. The molecule has 0 bridgehead atoms. The maximum Gasteiger partial charge on any atom is 0.127 e. The number of imidazole rings is 1. The number of nitrogens with one attached hydrogen (secondary N) is 1. The molecular formula is C13H17ClN4. The van der Waals surface area contributed by atoms with Gasteiger partial charge in [0.1, 0.15) is 5.82 Å². The lowest BCUT2D eigenvalue weighted by Gasteiger charge is -2.15. The smallest absolute Gasteiger partial charge is 0.127 e. The number of aryl methyl sites for hydroxylation is 1. The number of hydrogen-bond donors (Lipinski definition) is 1. The monoisotopic (exact) mass is 264 g/mol. The van der Waals surface area contributed by atoms with E-state index in [1.54, 1.807) is 6.20 Å². The van der Waals surface area contributed by atoms with E-state index >= 15 is 0 Å². The number of halogens is 1. The number of nitrogens with zero attached hydrogens (tertiary/aromatic N) is 3. The average Bonchev–Trinajstić information content (AvgIpc) is 2.72. The van der Waals surface area contributed by atoms with Gasteiger partial charge in [-0.15, -0.1) is 0 Å². The molecule has 96 valence electrons. The first kappa shape index (κ1) is 12.8. The second-order valence-electron chi connectivity index (χ2n) is 4.37. The van der Waals surface area contributed by atoms with Crippen LogP contribution in [0.1, 0.15) is 5.82 Å². The zero-order chi connectivity index (χ0) is 13.1. The van der Waals surface area contributed by atoms with Crippen molar-refractivity contribution < 1.29 is 0 Å². The molecule has 0 radical (unpaired) electrons. The Balaban J connectivity index is 2.07. The van der Waals surface area contributed by atoms with Gasteiger partial charge in [-0.2, -0.15) is 0 Å². The average molecular weight is 265 g/mol. The highest BCUT2D eigenvalue weighted by Crippen LogP contribution is 2.27. The summed E-state index contributed by atoms with van der Waals surface area (Å²) in [5, 5.41) is 4.05. The van der Waals surface area contributed by atoms with E-state index in [-0.39, 0.29) is 0 Å². The minimum Gasteiger partial charge on any atom is -0.378 e. The van der Waals surface area contributed by atoms with E-state index < -0.39 is 0 Å². The Hall–Kier alpha value is -1.68. The van der Waals surface area contributed by atoms with Crippen LogP contribution in [-0.4, -0.2) is 23.6 Å². The molecule has 5 heteroatoms. The van der Waals surface area contributed by atoms with Gasteiger partial charge in [0, 0.05) is 39.2 Å². The molecule has 2 aromatic rings. The summed E-state index contributed by atoms with van der Waals surface area (Å²) in [5.74, 6) is 0.989. The van der Waals surface area contributed by atoms with Crippen LogP contribution in [0.5, 0.6) is 0 Å². The Morgan fingerprint density at radius 2 is 2.17 bits per heavy atom. The number of anilines is 2. The van der Waals surface area contributed by atoms with Crippen LogP contribution < -0.4 is 10.2 Å². The Kier molecular flexibility index (Phi) is 3.77. The van der Waals surface area contributed by atoms with Crippen LogP contribution in [0.4, 0.5) is 11.4 Å². The molecule has 0 aliphatic carbocycles. The Bertz CT molecular complexity index is 534. The molecule has 2 rings (SSSR count). The van der Waals surface area contributed by atoms with E-state index in [0.717, 1.165) is 22.2 Å². The predicted molar refractivity (Wildman–Crippen MR) is 76.3 cm³/mol. The summed E-state index contributed by atoms with van der Waals surface area (Å²) in [6, 6.07) is 5.95. The van der Waals surface area contributed by atoms with E-state index in [1.807, 2.05) is 55.0 Å². The second-order valence-corrected chi connectivity index (χ2v) is 4.78. The molecule has 0 aliphatic heterocycles. The van der Waals surface area contributed by atoms with Gasteiger partial charge in [-0.1, -0.05) is 11.6 Å². The van der Waals surface area contributed by atoms with Crippen molar-refractivity contribution in [1.29, 1.82) is 0 Å². The molecule has 0 saturated carbocycles. The molecule has 0 spiro atoms. The first-order valence-corrected chi connectivity index (χ1v) is 6.12. The van der Waals surface area contributed by atoms with Crippen LogP contribution in [0.3, 0.4) is 0 Å². The summed E-state index contributed by atoms with van der Waals surface area (Å²) in [6.07, 6.45) is 3.72. The van der Waals surface area contributed by atoms with Gasteiger partial charge in [0.2, 0.25) is 0 Å². The zero-order valence-electron chi connectivity index (χ0n) is 10.8. The quantitative estimate of drug-likeness (QED) is 0.922. The molecule has 1 heterocycles. The van der Waals surface area contributed by atoms with Crippen molar-refractivity contribution in [3.05, 3.63) is 41.4 Å². The predicted octanol–water partition coefficient (Wildman–Crippen LogP) is 2.75. The van der Waals surface area contributed by atoms with Crippen LogP contribution >= 0.6 is 11.6 Å². The van der Waals surface area contributed by atoms with Crippen molar-refractivity contribution in [1.82, 2.24) is 9.55 Å². The topological polar surface area (TPSA) is 33.1 Å². The Morgan fingerprint density at radius 3 is 2.72 bits per heavy atom. The molecule has 0 amide bonds. The molecule has 0 aliphatic rings. The lowest BCUT2D eigenvalue weighted by molar-refractivity contribution is 0.813. The summed E-state index contributed by atoms with van der Waals surface area (Å²) in [5.41, 5.74) is 2.01. The second kappa shape index (κ2) is 5.31. The first-order chi connectivity index (χ1) is 8.58. The van der Waals surface area contributed by atoms with E-state index in [0.29, 0.717) is 6.54 Å². The summed E-state index contributed by atoms with van der Waals surface area (Å²) in [7, 11) is 5.93. The van der Waals surface area contributed by atoms with E-state index in [9.17, 15) is 0 Å². The minimum atomic E-state index is 0.682. The largest absolute Gasteiger partial charge is 0.378 e. The van der Waals surface area contributed by atoms with Crippen molar-refractivity contribution in [2.75, 3.05) is 24.3 Å². The first-order valence-electron chi connectivity index (χ1n) is 5.75. The molecule has 0 atom stereocenters. The minimum absolute atomic E-state index is 0.682. The van der Waals surface area contributed by atoms with Crippen molar-refractivity contribution in [3.8, 4) is 0 Å². The molecule has 1 N–H and O–H groups in total. The van der Waals surface area contributed by atoms with Gasteiger partial charge >= 0.3 is 0 Å².